The van der Waals surface area contributed by atoms with E-state index >= 15 is 0 Å². The molecule has 0 spiro atoms. The van der Waals surface area contributed by atoms with Crippen LogP contribution in [0.4, 0.5) is 0 Å². The quantitative estimate of drug-likeness (QED) is 0.703. The van der Waals surface area contributed by atoms with Gasteiger partial charge in [0, 0.05) is 30.8 Å². The van der Waals surface area contributed by atoms with Gasteiger partial charge in [0.25, 0.3) is 0 Å². The largest absolute Gasteiger partial charge is 0.497 e. The van der Waals surface area contributed by atoms with Crippen molar-refractivity contribution in [2.45, 2.75) is 31.8 Å². The van der Waals surface area contributed by atoms with Crippen molar-refractivity contribution in [3.63, 3.8) is 0 Å². The first-order valence-corrected chi connectivity index (χ1v) is 7.37. The summed E-state index contributed by atoms with van der Waals surface area (Å²) < 4.78 is 11.2. The van der Waals surface area contributed by atoms with Crippen LogP contribution in [0.15, 0.2) is 18.2 Å². The lowest BCUT2D eigenvalue weighted by Crippen LogP contribution is -2.17. The van der Waals surface area contributed by atoms with E-state index in [2.05, 4.69) is 30.4 Å². The fraction of sp³-hybridized carbons (Fsp3) is 0.625. The third kappa shape index (κ3) is 5.02. The Kier molecular flexibility index (Phi) is 5.68. The van der Waals surface area contributed by atoms with E-state index in [1.807, 2.05) is 12.1 Å². The first-order valence-electron chi connectivity index (χ1n) is 7.37. The van der Waals surface area contributed by atoms with Crippen LogP contribution in [0.25, 0.3) is 0 Å². The van der Waals surface area contributed by atoms with Crippen molar-refractivity contribution in [3.8, 4) is 11.5 Å². The summed E-state index contributed by atoms with van der Waals surface area (Å²) in [6.07, 6.45) is 3.63. The Morgan fingerprint density at radius 1 is 1.30 bits per heavy atom. The normalized spacial score (nSPS) is 14.6. The second-order valence-corrected chi connectivity index (χ2v) is 5.63. The summed E-state index contributed by atoms with van der Waals surface area (Å²) in [4.78, 5) is 2.17. The molecule has 1 saturated carbocycles. The maximum atomic E-state index is 5.94. The molecule has 20 heavy (non-hydrogen) atoms. The summed E-state index contributed by atoms with van der Waals surface area (Å²) in [5.41, 5.74) is 1.21. The van der Waals surface area contributed by atoms with Gasteiger partial charge < -0.3 is 19.7 Å². The number of rotatable bonds is 9. The summed E-state index contributed by atoms with van der Waals surface area (Å²) in [5.74, 6) is 1.79. The molecule has 1 N–H and O–H groups in total. The lowest BCUT2D eigenvalue weighted by molar-refractivity contribution is 0.277. The number of methoxy groups -OCH3 is 1. The summed E-state index contributed by atoms with van der Waals surface area (Å²) >= 11 is 0. The maximum absolute atomic E-state index is 5.94. The van der Waals surface area contributed by atoms with Crippen LogP contribution in [0.1, 0.15) is 24.8 Å². The first kappa shape index (κ1) is 15.1. The van der Waals surface area contributed by atoms with Gasteiger partial charge in [0.15, 0.2) is 0 Å². The molecule has 112 valence electrons. The lowest BCUT2D eigenvalue weighted by atomic mass is 10.2. The molecular formula is C16H26N2O2. The SMILES string of the molecule is COc1ccc(CNC2CC2)c(OCCCN(C)C)c1. The molecule has 0 aliphatic heterocycles. The van der Waals surface area contributed by atoms with Crippen LogP contribution in [0.2, 0.25) is 0 Å². The van der Waals surface area contributed by atoms with Gasteiger partial charge in [-0.3, -0.25) is 0 Å². The summed E-state index contributed by atoms with van der Waals surface area (Å²) in [7, 11) is 5.85. The number of nitrogens with one attached hydrogen (secondary N) is 1. The average molecular weight is 278 g/mol. The highest BCUT2D eigenvalue weighted by Gasteiger charge is 2.20. The molecule has 1 aromatic carbocycles. The fourth-order valence-corrected chi connectivity index (χ4v) is 2.05. The van der Waals surface area contributed by atoms with E-state index in [1.54, 1.807) is 7.11 Å². The molecule has 0 saturated heterocycles. The van der Waals surface area contributed by atoms with Crippen LogP contribution in [0.5, 0.6) is 11.5 Å². The van der Waals surface area contributed by atoms with E-state index < -0.39 is 0 Å². The Morgan fingerprint density at radius 3 is 2.75 bits per heavy atom. The molecule has 0 amide bonds. The maximum Gasteiger partial charge on any atom is 0.127 e. The zero-order valence-corrected chi connectivity index (χ0v) is 12.8. The van der Waals surface area contributed by atoms with E-state index in [1.165, 1.54) is 18.4 Å². The molecule has 0 heterocycles. The van der Waals surface area contributed by atoms with Crippen molar-refractivity contribution in [2.24, 2.45) is 0 Å². The van der Waals surface area contributed by atoms with Gasteiger partial charge in [-0.15, -0.1) is 0 Å². The van der Waals surface area contributed by atoms with Gasteiger partial charge in [-0.25, -0.2) is 0 Å². The number of ether oxygens (including phenoxy) is 2. The molecule has 0 aromatic heterocycles. The van der Waals surface area contributed by atoms with Crippen LogP contribution < -0.4 is 14.8 Å². The van der Waals surface area contributed by atoms with Crippen molar-refractivity contribution in [1.29, 1.82) is 0 Å². The Balaban J connectivity index is 1.90. The molecule has 4 nitrogen and oxygen atoms in total. The smallest absolute Gasteiger partial charge is 0.127 e. The van der Waals surface area contributed by atoms with Crippen molar-refractivity contribution >= 4 is 0 Å². The summed E-state index contributed by atoms with van der Waals surface area (Å²) in [6.45, 7) is 2.65. The Labute approximate surface area is 122 Å². The minimum atomic E-state index is 0.707. The molecular weight excluding hydrogens is 252 g/mol. The molecule has 4 heteroatoms. The summed E-state index contributed by atoms with van der Waals surface area (Å²) in [5, 5.41) is 3.53. The Bertz CT molecular complexity index is 417. The van der Waals surface area contributed by atoms with Crippen molar-refractivity contribution in [3.05, 3.63) is 23.8 Å². The first-order chi connectivity index (χ1) is 9.69. The standard InChI is InChI=1S/C16H26N2O2/c1-18(2)9-4-10-20-16-11-15(19-3)8-5-13(16)12-17-14-6-7-14/h5,8,11,14,17H,4,6-7,9-10,12H2,1-3H3. The molecule has 2 rings (SSSR count). The molecule has 1 fully saturated rings. The van der Waals surface area contributed by atoms with Gasteiger partial charge in [-0.1, -0.05) is 6.07 Å². The van der Waals surface area contributed by atoms with Crippen LogP contribution >= 0.6 is 0 Å². The van der Waals surface area contributed by atoms with Crippen LogP contribution in [0, 0.1) is 0 Å². The van der Waals surface area contributed by atoms with Crippen molar-refractivity contribution in [1.82, 2.24) is 10.2 Å². The summed E-state index contributed by atoms with van der Waals surface area (Å²) in [6, 6.07) is 6.78. The Morgan fingerprint density at radius 2 is 2.10 bits per heavy atom. The van der Waals surface area contributed by atoms with E-state index in [-0.39, 0.29) is 0 Å². The second kappa shape index (κ2) is 7.50. The highest BCUT2D eigenvalue weighted by atomic mass is 16.5. The molecule has 1 aromatic rings. The average Bonchev–Trinajstić information content (AvgIpc) is 3.25. The zero-order valence-electron chi connectivity index (χ0n) is 12.8. The van der Waals surface area contributed by atoms with Crippen LogP contribution in [-0.2, 0) is 6.54 Å². The molecule has 0 bridgehead atoms. The topological polar surface area (TPSA) is 33.7 Å². The predicted octanol–water partition coefficient (Wildman–Crippen LogP) is 2.28. The van der Waals surface area contributed by atoms with Crippen LogP contribution in [0.3, 0.4) is 0 Å². The zero-order chi connectivity index (χ0) is 14.4. The van der Waals surface area contributed by atoms with E-state index in [4.69, 9.17) is 9.47 Å². The van der Waals surface area contributed by atoms with Gasteiger partial charge >= 0.3 is 0 Å². The minimum Gasteiger partial charge on any atom is -0.497 e. The monoisotopic (exact) mass is 278 g/mol. The highest BCUT2D eigenvalue weighted by Crippen LogP contribution is 2.26. The molecule has 0 unspecified atom stereocenters. The third-order valence-corrected chi connectivity index (χ3v) is 3.44. The predicted molar refractivity (Wildman–Crippen MR) is 81.5 cm³/mol. The van der Waals surface area contributed by atoms with E-state index in [0.29, 0.717) is 6.04 Å². The number of hydrogen-bond acceptors (Lipinski definition) is 4. The molecule has 0 atom stereocenters. The minimum absolute atomic E-state index is 0.707. The molecule has 1 aliphatic rings. The number of nitrogens with zero attached hydrogens (tertiary/aromatic N) is 1. The van der Waals surface area contributed by atoms with Gasteiger partial charge in [-0.2, -0.15) is 0 Å². The van der Waals surface area contributed by atoms with Gasteiger partial charge in [0.2, 0.25) is 0 Å². The number of hydrogen-bond donors (Lipinski definition) is 1. The second-order valence-electron chi connectivity index (χ2n) is 5.63. The van der Waals surface area contributed by atoms with Crippen LogP contribution in [-0.4, -0.2) is 45.3 Å². The fourth-order valence-electron chi connectivity index (χ4n) is 2.05. The van der Waals surface area contributed by atoms with E-state index in [9.17, 15) is 0 Å². The van der Waals surface area contributed by atoms with Gasteiger partial charge in [-0.05, 0) is 39.4 Å². The number of benzene rings is 1. The molecule has 0 radical (unpaired) electrons. The van der Waals surface area contributed by atoms with Crippen molar-refractivity contribution < 1.29 is 9.47 Å². The lowest BCUT2D eigenvalue weighted by Gasteiger charge is -2.15. The Hall–Kier alpha value is -1.26. The van der Waals surface area contributed by atoms with Gasteiger partial charge in [0.1, 0.15) is 11.5 Å². The van der Waals surface area contributed by atoms with E-state index in [0.717, 1.165) is 37.6 Å². The molecule has 1 aliphatic carbocycles. The highest BCUT2D eigenvalue weighted by molar-refractivity contribution is 5.40. The third-order valence-electron chi connectivity index (χ3n) is 3.44. The van der Waals surface area contributed by atoms with Crippen molar-refractivity contribution in [2.75, 3.05) is 34.4 Å². The van der Waals surface area contributed by atoms with Gasteiger partial charge in [0.05, 0.1) is 13.7 Å².